The first-order valence-corrected chi connectivity index (χ1v) is 6.54. The molecule has 4 N–H and O–H groups in total. The molecule has 0 aliphatic rings. The number of amides is 3. The van der Waals surface area contributed by atoms with E-state index in [1.54, 1.807) is 32.0 Å². The molecular formula is C14H19N3O4. The lowest BCUT2D eigenvalue weighted by Gasteiger charge is -2.14. The van der Waals surface area contributed by atoms with Gasteiger partial charge in [0.15, 0.2) is 6.61 Å². The van der Waals surface area contributed by atoms with Crippen molar-refractivity contribution in [2.45, 2.75) is 19.9 Å². The van der Waals surface area contributed by atoms with E-state index < -0.39 is 17.9 Å². The van der Waals surface area contributed by atoms with Crippen LogP contribution in [0.25, 0.3) is 0 Å². The number of primary amides is 1. The Labute approximate surface area is 122 Å². The maximum atomic E-state index is 11.7. The zero-order chi connectivity index (χ0) is 15.8. The molecule has 0 spiro atoms. The first-order valence-electron chi connectivity index (χ1n) is 6.54. The van der Waals surface area contributed by atoms with E-state index >= 15 is 0 Å². The largest absolute Gasteiger partial charge is 0.483 e. The van der Waals surface area contributed by atoms with Crippen molar-refractivity contribution < 1.29 is 19.1 Å². The summed E-state index contributed by atoms with van der Waals surface area (Å²) in [4.78, 5) is 34.3. The summed E-state index contributed by atoms with van der Waals surface area (Å²) >= 11 is 0. The molecule has 1 aromatic carbocycles. The molecule has 1 rings (SSSR count). The Bertz CT molecular complexity index is 531. The fraction of sp³-hybridized carbons (Fsp3) is 0.357. The Kier molecular flexibility index (Phi) is 6.19. The Morgan fingerprint density at radius 1 is 1.29 bits per heavy atom. The molecule has 0 aliphatic carbocycles. The van der Waals surface area contributed by atoms with E-state index in [-0.39, 0.29) is 23.8 Å². The molecule has 0 fully saturated rings. The fourth-order valence-corrected chi connectivity index (χ4v) is 1.62. The van der Waals surface area contributed by atoms with E-state index in [4.69, 9.17) is 10.5 Å². The molecule has 0 aliphatic heterocycles. The molecule has 0 radical (unpaired) electrons. The molecule has 0 saturated carbocycles. The Hall–Kier alpha value is -2.57. The summed E-state index contributed by atoms with van der Waals surface area (Å²) in [6.45, 7) is 3.53. The molecular weight excluding hydrogens is 274 g/mol. The average molecular weight is 293 g/mol. The third-order valence-electron chi connectivity index (χ3n) is 2.63. The summed E-state index contributed by atoms with van der Waals surface area (Å²) in [5.41, 5.74) is 5.40. The number of carbonyl (C=O) groups is 3. The molecule has 0 bridgehead atoms. The van der Waals surface area contributed by atoms with Crippen LogP contribution < -0.4 is 21.1 Å². The number of hydrogen-bond acceptors (Lipinski definition) is 4. The topological polar surface area (TPSA) is 111 Å². The molecule has 21 heavy (non-hydrogen) atoms. The van der Waals surface area contributed by atoms with Crippen LogP contribution in [0.1, 0.15) is 24.2 Å². The van der Waals surface area contributed by atoms with E-state index in [1.807, 2.05) is 0 Å². The molecule has 114 valence electrons. The number of likely N-dealkylation sites (N-methyl/N-ethyl adjacent to an activating group) is 1. The van der Waals surface area contributed by atoms with Crippen LogP contribution in [0.4, 0.5) is 0 Å². The Morgan fingerprint density at radius 3 is 2.57 bits per heavy atom. The molecule has 0 unspecified atom stereocenters. The van der Waals surface area contributed by atoms with Crippen LogP contribution in [0.5, 0.6) is 5.75 Å². The van der Waals surface area contributed by atoms with E-state index in [1.165, 1.54) is 6.07 Å². The highest BCUT2D eigenvalue weighted by Gasteiger charge is 2.15. The Morgan fingerprint density at radius 2 is 1.95 bits per heavy atom. The van der Waals surface area contributed by atoms with Gasteiger partial charge in [0.2, 0.25) is 5.91 Å². The summed E-state index contributed by atoms with van der Waals surface area (Å²) < 4.78 is 5.26. The summed E-state index contributed by atoms with van der Waals surface area (Å²) in [5.74, 6) is -1.15. The minimum absolute atomic E-state index is 0.196. The van der Waals surface area contributed by atoms with Gasteiger partial charge in [-0.2, -0.15) is 0 Å². The summed E-state index contributed by atoms with van der Waals surface area (Å²) in [6.07, 6.45) is 0. The van der Waals surface area contributed by atoms with E-state index in [0.29, 0.717) is 6.54 Å². The monoisotopic (exact) mass is 293 g/mol. The van der Waals surface area contributed by atoms with Gasteiger partial charge in [0.05, 0.1) is 5.56 Å². The van der Waals surface area contributed by atoms with E-state index in [2.05, 4.69) is 10.6 Å². The SMILES string of the molecule is CCNC(=O)[C@H](C)NC(=O)COc1ccccc1C(N)=O. The molecule has 0 aromatic heterocycles. The molecule has 1 atom stereocenters. The normalized spacial score (nSPS) is 11.3. The second kappa shape index (κ2) is 7.88. The minimum Gasteiger partial charge on any atom is -0.483 e. The van der Waals surface area contributed by atoms with Crippen molar-refractivity contribution in [2.75, 3.05) is 13.2 Å². The highest BCUT2D eigenvalue weighted by atomic mass is 16.5. The highest BCUT2D eigenvalue weighted by Crippen LogP contribution is 2.16. The number of hydrogen-bond donors (Lipinski definition) is 3. The number of carbonyl (C=O) groups excluding carboxylic acids is 3. The summed E-state index contributed by atoms with van der Waals surface area (Å²) in [7, 11) is 0. The first kappa shape index (κ1) is 16.5. The van der Waals surface area contributed by atoms with E-state index in [9.17, 15) is 14.4 Å². The van der Waals surface area contributed by atoms with Gasteiger partial charge < -0.3 is 21.1 Å². The number of ether oxygens (including phenoxy) is 1. The average Bonchev–Trinajstić information content (AvgIpc) is 2.45. The van der Waals surface area contributed by atoms with E-state index in [0.717, 1.165) is 0 Å². The molecule has 0 saturated heterocycles. The van der Waals surface area contributed by atoms with Crippen LogP contribution >= 0.6 is 0 Å². The van der Waals surface area contributed by atoms with Crippen LogP contribution in [0, 0.1) is 0 Å². The van der Waals surface area contributed by atoms with Gasteiger partial charge in [-0.1, -0.05) is 12.1 Å². The van der Waals surface area contributed by atoms with Gasteiger partial charge in [-0.05, 0) is 26.0 Å². The van der Waals surface area contributed by atoms with Crippen LogP contribution in [0.2, 0.25) is 0 Å². The second-order valence-corrected chi connectivity index (χ2v) is 4.33. The van der Waals surface area contributed by atoms with Crippen LogP contribution in [0.15, 0.2) is 24.3 Å². The van der Waals surface area contributed by atoms with Gasteiger partial charge in [0, 0.05) is 6.54 Å². The maximum absolute atomic E-state index is 11.7. The molecule has 1 aromatic rings. The van der Waals surface area contributed by atoms with Crippen LogP contribution in [-0.2, 0) is 9.59 Å². The van der Waals surface area contributed by atoms with Crippen molar-refractivity contribution in [2.24, 2.45) is 5.73 Å². The predicted octanol–water partition coefficient (Wildman–Crippen LogP) is -0.195. The summed E-state index contributed by atoms with van der Waals surface area (Å²) in [5, 5.41) is 5.08. The third-order valence-corrected chi connectivity index (χ3v) is 2.63. The standard InChI is InChI=1S/C14H19N3O4/c1-3-16-14(20)9(2)17-12(18)8-21-11-7-5-4-6-10(11)13(15)19/h4-7,9H,3,8H2,1-2H3,(H2,15,19)(H,16,20)(H,17,18)/t9-/m0/s1. The third kappa shape index (κ3) is 5.13. The zero-order valence-electron chi connectivity index (χ0n) is 12.0. The number of nitrogens with one attached hydrogen (secondary N) is 2. The molecule has 3 amide bonds. The van der Waals surface area contributed by atoms with Crippen molar-refractivity contribution >= 4 is 17.7 Å². The zero-order valence-corrected chi connectivity index (χ0v) is 12.0. The molecule has 7 nitrogen and oxygen atoms in total. The number of nitrogens with two attached hydrogens (primary N) is 1. The summed E-state index contributed by atoms with van der Waals surface area (Å²) in [6, 6.07) is 5.70. The van der Waals surface area contributed by atoms with Crippen molar-refractivity contribution in [1.29, 1.82) is 0 Å². The lowest BCUT2D eigenvalue weighted by Crippen LogP contribution is -2.46. The smallest absolute Gasteiger partial charge is 0.258 e. The van der Waals surface area contributed by atoms with Gasteiger partial charge in [-0.15, -0.1) is 0 Å². The van der Waals surface area contributed by atoms with Crippen molar-refractivity contribution in [3.8, 4) is 5.75 Å². The van der Waals surface area contributed by atoms with Crippen LogP contribution in [-0.4, -0.2) is 36.9 Å². The van der Waals surface area contributed by atoms with Gasteiger partial charge in [0.25, 0.3) is 11.8 Å². The first-order chi connectivity index (χ1) is 9.95. The van der Waals surface area contributed by atoms with Crippen molar-refractivity contribution in [3.63, 3.8) is 0 Å². The predicted molar refractivity (Wildman–Crippen MR) is 76.7 cm³/mol. The molecule has 7 heteroatoms. The van der Waals surface area contributed by atoms with Gasteiger partial charge in [-0.3, -0.25) is 14.4 Å². The lowest BCUT2D eigenvalue weighted by molar-refractivity contribution is -0.129. The number of rotatable bonds is 7. The minimum atomic E-state index is -0.660. The highest BCUT2D eigenvalue weighted by molar-refractivity contribution is 5.95. The van der Waals surface area contributed by atoms with Gasteiger partial charge >= 0.3 is 0 Å². The number of para-hydroxylation sites is 1. The van der Waals surface area contributed by atoms with Gasteiger partial charge in [-0.25, -0.2) is 0 Å². The lowest BCUT2D eigenvalue weighted by atomic mass is 10.2. The Balaban J connectivity index is 2.54. The van der Waals surface area contributed by atoms with Crippen molar-refractivity contribution in [3.05, 3.63) is 29.8 Å². The van der Waals surface area contributed by atoms with Gasteiger partial charge in [0.1, 0.15) is 11.8 Å². The van der Waals surface area contributed by atoms with Crippen LogP contribution in [0.3, 0.4) is 0 Å². The maximum Gasteiger partial charge on any atom is 0.258 e. The fourth-order valence-electron chi connectivity index (χ4n) is 1.62. The second-order valence-electron chi connectivity index (χ2n) is 4.33. The quantitative estimate of drug-likeness (QED) is 0.646. The molecule has 0 heterocycles. The van der Waals surface area contributed by atoms with Crippen molar-refractivity contribution in [1.82, 2.24) is 10.6 Å². The number of benzene rings is 1.